The van der Waals surface area contributed by atoms with Gasteiger partial charge in [-0.1, -0.05) is 6.42 Å². The van der Waals surface area contributed by atoms with Crippen LogP contribution in [-0.4, -0.2) is 30.8 Å². The van der Waals surface area contributed by atoms with E-state index in [1.54, 1.807) is 6.07 Å². The molecule has 1 heterocycles. The molecule has 160 valence electrons. The van der Waals surface area contributed by atoms with Crippen LogP contribution in [0.1, 0.15) is 35.3 Å². The maximum absolute atomic E-state index is 13.4. The van der Waals surface area contributed by atoms with Crippen molar-refractivity contribution in [3.63, 3.8) is 0 Å². The Morgan fingerprint density at radius 3 is 2.50 bits per heavy atom. The number of halogens is 4. The Balaban J connectivity index is 1.84. The molecule has 11 heteroatoms. The highest BCUT2D eigenvalue weighted by Gasteiger charge is 2.60. The number of hydrogen-bond donors (Lipinski definition) is 1. The number of amides is 1. The van der Waals surface area contributed by atoms with Crippen LogP contribution in [0.5, 0.6) is 0 Å². The Hall–Kier alpha value is -2.87. The molecule has 30 heavy (non-hydrogen) atoms. The zero-order valence-corrected chi connectivity index (χ0v) is 16.6. The van der Waals surface area contributed by atoms with Gasteiger partial charge in [0.05, 0.1) is 21.6 Å². The number of anilines is 1. The Labute approximate surface area is 170 Å². The zero-order valence-electron chi connectivity index (χ0n) is 15.8. The molecule has 0 atom stereocenters. The lowest BCUT2D eigenvalue weighted by Gasteiger charge is -2.42. The molecule has 0 spiro atoms. The van der Waals surface area contributed by atoms with Gasteiger partial charge in [0, 0.05) is 18.9 Å². The number of nitrogens with one attached hydrogen (secondary N) is 1. The maximum Gasteiger partial charge on any atom is 0.395 e. The van der Waals surface area contributed by atoms with E-state index in [2.05, 4.69) is 5.32 Å². The first-order valence-electron chi connectivity index (χ1n) is 8.85. The van der Waals surface area contributed by atoms with Gasteiger partial charge in [0.2, 0.25) is 0 Å². The van der Waals surface area contributed by atoms with Gasteiger partial charge in [-0.2, -0.15) is 18.4 Å². The zero-order chi connectivity index (χ0) is 22.3. The molecule has 0 unspecified atom stereocenters. The average molecular weight is 443 g/mol. The number of nitrogens with zero attached hydrogens (tertiary/aromatic N) is 2. The Bertz CT molecular complexity index is 1140. The van der Waals surface area contributed by atoms with Gasteiger partial charge in [0.1, 0.15) is 17.6 Å². The van der Waals surface area contributed by atoms with E-state index in [1.807, 2.05) is 0 Å². The number of rotatable bonds is 5. The molecule has 0 aliphatic heterocycles. The first-order valence-corrected chi connectivity index (χ1v) is 10.5. The summed E-state index contributed by atoms with van der Waals surface area (Å²) in [6, 6.07) is 5.95. The molecule has 0 bridgehead atoms. The molecule has 0 saturated heterocycles. The number of sulfone groups is 1. The van der Waals surface area contributed by atoms with Crippen molar-refractivity contribution in [1.82, 2.24) is 4.57 Å². The summed E-state index contributed by atoms with van der Waals surface area (Å²) < 4.78 is 79.9. The van der Waals surface area contributed by atoms with Crippen molar-refractivity contribution in [3.05, 3.63) is 47.5 Å². The van der Waals surface area contributed by atoms with Gasteiger partial charge in [-0.05, 0) is 37.1 Å². The van der Waals surface area contributed by atoms with E-state index in [0.717, 1.165) is 24.4 Å². The Morgan fingerprint density at radius 2 is 1.97 bits per heavy atom. The van der Waals surface area contributed by atoms with Crippen LogP contribution in [0.2, 0.25) is 0 Å². The van der Waals surface area contributed by atoms with E-state index < -0.39 is 38.9 Å². The second-order valence-corrected chi connectivity index (χ2v) is 9.31. The lowest BCUT2D eigenvalue weighted by Crippen LogP contribution is -2.48. The van der Waals surface area contributed by atoms with Crippen molar-refractivity contribution in [2.24, 2.45) is 12.5 Å². The van der Waals surface area contributed by atoms with Crippen molar-refractivity contribution in [1.29, 1.82) is 5.26 Å². The largest absolute Gasteiger partial charge is 0.395 e. The predicted octanol–water partition coefficient (Wildman–Crippen LogP) is 3.79. The number of aryl methyl sites for hydroxylation is 1. The van der Waals surface area contributed by atoms with E-state index in [4.69, 9.17) is 5.26 Å². The van der Waals surface area contributed by atoms with Crippen LogP contribution < -0.4 is 5.32 Å². The van der Waals surface area contributed by atoms with Crippen LogP contribution in [0, 0.1) is 22.6 Å². The van der Waals surface area contributed by atoms with E-state index in [9.17, 15) is 30.8 Å². The summed E-state index contributed by atoms with van der Waals surface area (Å²) in [7, 11) is -2.92. The van der Waals surface area contributed by atoms with Crippen molar-refractivity contribution in [2.45, 2.75) is 30.3 Å². The maximum atomic E-state index is 13.4. The van der Waals surface area contributed by atoms with Crippen LogP contribution in [0.15, 0.2) is 35.4 Å². The number of aromatic nitrogens is 1. The fraction of sp³-hybridized carbons (Fsp3) is 0.368. The second-order valence-electron chi connectivity index (χ2n) is 7.32. The molecule has 1 aliphatic rings. The first-order chi connectivity index (χ1) is 13.9. The molecular weight excluding hydrogens is 426 g/mol. The topological polar surface area (TPSA) is 92.0 Å². The van der Waals surface area contributed by atoms with E-state index in [-0.39, 0.29) is 34.7 Å². The SMILES string of the molecule is Cn1cc(S(=O)(=O)CC2(C(F)(F)F)CCC2)cc1C(=O)Nc1ccc(F)c(C#N)c1. The van der Waals surface area contributed by atoms with Gasteiger partial charge >= 0.3 is 6.18 Å². The summed E-state index contributed by atoms with van der Waals surface area (Å²) in [5, 5.41) is 11.3. The van der Waals surface area contributed by atoms with Gasteiger partial charge < -0.3 is 9.88 Å². The van der Waals surface area contributed by atoms with Crippen molar-refractivity contribution in [3.8, 4) is 6.07 Å². The summed E-state index contributed by atoms with van der Waals surface area (Å²) in [5.74, 6) is -2.60. The minimum absolute atomic E-state index is 0.106. The van der Waals surface area contributed by atoms with Crippen LogP contribution in [-0.2, 0) is 16.9 Å². The van der Waals surface area contributed by atoms with Crippen molar-refractivity contribution >= 4 is 21.4 Å². The quantitative estimate of drug-likeness (QED) is 0.712. The number of carbonyl (C=O) groups is 1. The van der Waals surface area contributed by atoms with Gasteiger partial charge in [0.15, 0.2) is 9.84 Å². The average Bonchev–Trinajstić information content (AvgIpc) is 3.01. The number of nitriles is 1. The van der Waals surface area contributed by atoms with Gasteiger partial charge in [0.25, 0.3) is 5.91 Å². The summed E-state index contributed by atoms with van der Waals surface area (Å²) in [6.45, 7) is 0. The molecule has 1 aromatic heterocycles. The first kappa shape index (κ1) is 21.8. The van der Waals surface area contributed by atoms with Crippen molar-refractivity contribution < 1.29 is 30.8 Å². The number of carbonyl (C=O) groups excluding carboxylic acids is 1. The summed E-state index contributed by atoms with van der Waals surface area (Å²) in [5.41, 5.74) is -2.56. The summed E-state index contributed by atoms with van der Waals surface area (Å²) in [6.07, 6.45) is -3.74. The minimum Gasteiger partial charge on any atom is -0.345 e. The predicted molar refractivity (Wildman–Crippen MR) is 98.9 cm³/mol. The smallest absolute Gasteiger partial charge is 0.345 e. The van der Waals surface area contributed by atoms with Crippen molar-refractivity contribution in [2.75, 3.05) is 11.1 Å². The third kappa shape index (κ3) is 3.92. The second kappa shape index (κ2) is 7.43. The Kier molecular flexibility index (Phi) is 5.41. The third-order valence-electron chi connectivity index (χ3n) is 5.29. The van der Waals surface area contributed by atoms with Crippen LogP contribution in [0.4, 0.5) is 23.2 Å². The van der Waals surface area contributed by atoms with E-state index in [0.29, 0.717) is 6.42 Å². The highest BCUT2D eigenvalue weighted by atomic mass is 32.2. The van der Waals surface area contributed by atoms with Crippen LogP contribution >= 0.6 is 0 Å². The van der Waals surface area contributed by atoms with Gasteiger partial charge in [-0.3, -0.25) is 4.79 Å². The molecule has 1 aromatic carbocycles. The minimum atomic E-state index is -4.63. The number of benzene rings is 1. The van der Waals surface area contributed by atoms with E-state index >= 15 is 0 Å². The van der Waals surface area contributed by atoms with E-state index in [1.165, 1.54) is 17.7 Å². The fourth-order valence-electron chi connectivity index (χ4n) is 3.37. The lowest BCUT2D eigenvalue weighted by atomic mass is 9.70. The molecule has 1 amide bonds. The molecule has 1 saturated carbocycles. The highest BCUT2D eigenvalue weighted by Crippen LogP contribution is 2.54. The third-order valence-corrected chi connectivity index (χ3v) is 7.17. The molecule has 1 aliphatic carbocycles. The molecule has 1 fully saturated rings. The molecule has 2 aromatic rings. The number of alkyl halides is 3. The molecule has 6 nitrogen and oxygen atoms in total. The molecule has 1 N–H and O–H groups in total. The van der Waals surface area contributed by atoms with Gasteiger partial charge in [-0.15, -0.1) is 0 Å². The standard InChI is InChI=1S/C19H17F4N3O3S/c1-26-10-14(30(28,29)11-18(5-2-6-18)19(21,22)23)8-16(26)17(27)25-13-3-4-15(20)12(7-13)9-24/h3-4,7-8,10H,2,5-6,11H2,1H3,(H,25,27). The Morgan fingerprint density at radius 1 is 1.30 bits per heavy atom. The normalized spacial score (nSPS) is 15.9. The highest BCUT2D eigenvalue weighted by molar-refractivity contribution is 7.91. The fourth-order valence-corrected chi connectivity index (χ4v) is 5.33. The van der Waals surface area contributed by atoms with Gasteiger partial charge in [-0.25, -0.2) is 12.8 Å². The molecular formula is C19H17F4N3O3S. The molecule has 0 radical (unpaired) electrons. The molecule has 3 rings (SSSR count). The summed E-state index contributed by atoms with van der Waals surface area (Å²) in [4.78, 5) is 12.1. The number of hydrogen-bond acceptors (Lipinski definition) is 4. The van der Waals surface area contributed by atoms with Crippen LogP contribution in [0.3, 0.4) is 0 Å². The lowest BCUT2D eigenvalue weighted by molar-refractivity contribution is -0.241. The van der Waals surface area contributed by atoms with Crippen LogP contribution in [0.25, 0.3) is 0 Å². The summed E-state index contributed by atoms with van der Waals surface area (Å²) >= 11 is 0. The monoisotopic (exact) mass is 443 g/mol.